The number of nitrogens with two attached hydrogens (primary N) is 1. The highest BCUT2D eigenvalue weighted by atomic mass is 16.1. The SMILES string of the molecule is CC(C)CN1CCC(CNC(=O)CCCN)C1. The zero-order valence-corrected chi connectivity index (χ0v) is 11.2. The third-order valence-electron chi connectivity index (χ3n) is 3.19. The second kappa shape index (κ2) is 7.67. The number of carbonyl (C=O) groups is 1. The summed E-state index contributed by atoms with van der Waals surface area (Å²) in [6.07, 6.45) is 2.57. The Balaban J connectivity index is 2.11. The highest BCUT2D eigenvalue weighted by molar-refractivity contribution is 5.75. The van der Waals surface area contributed by atoms with E-state index in [1.807, 2.05) is 0 Å². The predicted octanol–water partition coefficient (Wildman–Crippen LogP) is 0.819. The predicted molar refractivity (Wildman–Crippen MR) is 70.7 cm³/mol. The third kappa shape index (κ3) is 6.03. The maximum Gasteiger partial charge on any atom is 0.220 e. The molecule has 0 aromatic heterocycles. The molecule has 0 radical (unpaired) electrons. The molecule has 4 heteroatoms. The Hall–Kier alpha value is -0.610. The van der Waals surface area contributed by atoms with E-state index in [0.717, 1.165) is 25.4 Å². The molecule has 1 aliphatic rings. The molecule has 1 aliphatic heterocycles. The van der Waals surface area contributed by atoms with Crippen molar-refractivity contribution in [2.24, 2.45) is 17.6 Å². The van der Waals surface area contributed by atoms with Crippen molar-refractivity contribution >= 4 is 5.91 Å². The van der Waals surface area contributed by atoms with Crippen LogP contribution in [0.2, 0.25) is 0 Å². The van der Waals surface area contributed by atoms with Crippen LogP contribution >= 0.6 is 0 Å². The average molecular weight is 241 g/mol. The Morgan fingerprint density at radius 2 is 2.29 bits per heavy atom. The van der Waals surface area contributed by atoms with E-state index in [-0.39, 0.29) is 5.91 Å². The summed E-state index contributed by atoms with van der Waals surface area (Å²) >= 11 is 0. The molecule has 1 rings (SSSR count). The lowest BCUT2D eigenvalue weighted by Gasteiger charge is -2.18. The fraction of sp³-hybridized carbons (Fsp3) is 0.923. The summed E-state index contributed by atoms with van der Waals surface area (Å²) in [5.74, 6) is 1.52. The summed E-state index contributed by atoms with van der Waals surface area (Å²) in [6, 6.07) is 0. The topological polar surface area (TPSA) is 58.4 Å². The van der Waals surface area contributed by atoms with Crippen molar-refractivity contribution in [2.75, 3.05) is 32.7 Å². The lowest BCUT2D eigenvalue weighted by atomic mass is 10.1. The molecule has 17 heavy (non-hydrogen) atoms. The molecule has 0 aromatic rings. The lowest BCUT2D eigenvalue weighted by Crippen LogP contribution is -2.32. The average Bonchev–Trinajstić information content (AvgIpc) is 2.70. The van der Waals surface area contributed by atoms with Crippen LogP contribution in [0.4, 0.5) is 0 Å². The fourth-order valence-electron chi connectivity index (χ4n) is 2.37. The molecule has 3 N–H and O–H groups in total. The molecule has 0 saturated carbocycles. The van der Waals surface area contributed by atoms with E-state index in [1.165, 1.54) is 19.5 Å². The Bertz CT molecular complexity index is 231. The van der Waals surface area contributed by atoms with Crippen molar-refractivity contribution in [1.29, 1.82) is 0 Å². The van der Waals surface area contributed by atoms with Crippen molar-refractivity contribution in [3.8, 4) is 0 Å². The molecule has 1 amide bonds. The zero-order chi connectivity index (χ0) is 12.7. The summed E-state index contributed by atoms with van der Waals surface area (Å²) in [7, 11) is 0. The maximum atomic E-state index is 11.4. The summed E-state index contributed by atoms with van der Waals surface area (Å²) < 4.78 is 0. The number of carbonyl (C=O) groups excluding carboxylic acids is 1. The number of nitrogens with zero attached hydrogens (tertiary/aromatic N) is 1. The van der Waals surface area contributed by atoms with Crippen molar-refractivity contribution < 1.29 is 4.79 Å². The van der Waals surface area contributed by atoms with Crippen LogP contribution in [-0.4, -0.2) is 43.5 Å². The van der Waals surface area contributed by atoms with Gasteiger partial charge in [-0.3, -0.25) is 4.79 Å². The minimum absolute atomic E-state index is 0.151. The number of nitrogens with one attached hydrogen (secondary N) is 1. The van der Waals surface area contributed by atoms with Gasteiger partial charge in [-0.1, -0.05) is 13.8 Å². The molecular formula is C13H27N3O. The first-order valence-electron chi connectivity index (χ1n) is 6.81. The summed E-state index contributed by atoms with van der Waals surface area (Å²) in [4.78, 5) is 13.9. The standard InChI is InChI=1S/C13H27N3O/c1-11(2)9-16-7-5-12(10-16)8-15-13(17)4-3-6-14/h11-12H,3-10,14H2,1-2H3,(H,15,17). The van der Waals surface area contributed by atoms with E-state index in [4.69, 9.17) is 5.73 Å². The van der Waals surface area contributed by atoms with Crippen molar-refractivity contribution in [2.45, 2.75) is 33.1 Å². The Morgan fingerprint density at radius 3 is 2.94 bits per heavy atom. The summed E-state index contributed by atoms with van der Waals surface area (Å²) in [5, 5.41) is 3.01. The van der Waals surface area contributed by atoms with Gasteiger partial charge in [-0.25, -0.2) is 0 Å². The van der Waals surface area contributed by atoms with Crippen LogP contribution in [0.25, 0.3) is 0 Å². The number of rotatable bonds is 7. The van der Waals surface area contributed by atoms with E-state index in [1.54, 1.807) is 0 Å². The minimum atomic E-state index is 0.151. The first-order valence-corrected chi connectivity index (χ1v) is 6.81. The first kappa shape index (κ1) is 14.5. The van der Waals surface area contributed by atoms with Crippen molar-refractivity contribution in [3.05, 3.63) is 0 Å². The van der Waals surface area contributed by atoms with Gasteiger partial charge in [-0.05, 0) is 37.8 Å². The molecule has 0 aromatic carbocycles. The molecule has 100 valence electrons. The minimum Gasteiger partial charge on any atom is -0.356 e. The van der Waals surface area contributed by atoms with Gasteiger partial charge in [-0.15, -0.1) is 0 Å². The Labute approximate surface area is 105 Å². The highest BCUT2D eigenvalue weighted by Gasteiger charge is 2.22. The van der Waals surface area contributed by atoms with Crippen LogP contribution in [0.1, 0.15) is 33.1 Å². The number of hydrogen-bond donors (Lipinski definition) is 2. The van der Waals surface area contributed by atoms with Crippen LogP contribution in [0.3, 0.4) is 0 Å². The molecule has 1 fully saturated rings. The Morgan fingerprint density at radius 1 is 1.53 bits per heavy atom. The van der Waals surface area contributed by atoms with Gasteiger partial charge in [0, 0.05) is 26.1 Å². The monoisotopic (exact) mass is 241 g/mol. The molecule has 4 nitrogen and oxygen atoms in total. The summed E-state index contributed by atoms with van der Waals surface area (Å²) in [6.45, 7) is 9.43. The largest absolute Gasteiger partial charge is 0.356 e. The number of hydrogen-bond acceptors (Lipinski definition) is 3. The molecule has 1 unspecified atom stereocenters. The quantitative estimate of drug-likeness (QED) is 0.694. The van der Waals surface area contributed by atoms with Crippen molar-refractivity contribution in [1.82, 2.24) is 10.2 Å². The van der Waals surface area contributed by atoms with Gasteiger partial charge < -0.3 is 16.0 Å². The van der Waals surface area contributed by atoms with Gasteiger partial charge in [0.15, 0.2) is 0 Å². The van der Waals surface area contributed by atoms with Gasteiger partial charge in [0.2, 0.25) is 5.91 Å². The van der Waals surface area contributed by atoms with Crippen LogP contribution < -0.4 is 11.1 Å². The van der Waals surface area contributed by atoms with E-state index in [2.05, 4.69) is 24.1 Å². The molecule has 1 saturated heterocycles. The van der Waals surface area contributed by atoms with Crippen LogP contribution in [0.15, 0.2) is 0 Å². The van der Waals surface area contributed by atoms with Crippen molar-refractivity contribution in [3.63, 3.8) is 0 Å². The van der Waals surface area contributed by atoms with E-state index in [9.17, 15) is 4.79 Å². The second-order valence-electron chi connectivity index (χ2n) is 5.50. The molecule has 1 heterocycles. The lowest BCUT2D eigenvalue weighted by molar-refractivity contribution is -0.121. The summed E-state index contributed by atoms with van der Waals surface area (Å²) in [5.41, 5.74) is 5.37. The van der Waals surface area contributed by atoms with E-state index >= 15 is 0 Å². The van der Waals surface area contributed by atoms with Gasteiger partial charge >= 0.3 is 0 Å². The second-order valence-corrected chi connectivity index (χ2v) is 5.50. The molecule has 1 atom stereocenters. The highest BCUT2D eigenvalue weighted by Crippen LogP contribution is 2.16. The molecule has 0 bridgehead atoms. The molecule has 0 spiro atoms. The first-order chi connectivity index (χ1) is 8.11. The Kier molecular flexibility index (Phi) is 6.52. The van der Waals surface area contributed by atoms with Gasteiger partial charge in [0.1, 0.15) is 0 Å². The maximum absolute atomic E-state index is 11.4. The normalized spacial score (nSPS) is 21.1. The van der Waals surface area contributed by atoms with Crippen LogP contribution in [0.5, 0.6) is 0 Å². The number of amides is 1. The molecule has 0 aliphatic carbocycles. The van der Waals surface area contributed by atoms with Crippen LogP contribution in [0, 0.1) is 11.8 Å². The zero-order valence-electron chi connectivity index (χ0n) is 11.2. The third-order valence-corrected chi connectivity index (χ3v) is 3.19. The van der Waals surface area contributed by atoms with Gasteiger partial charge in [0.25, 0.3) is 0 Å². The van der Waals surface area contributed by atoms with Crippen LogP contribution in [-0.2, 0) is 4.79 Å². The van der Waals surface area contributed by atoms with E-state index in [0.29, 0.717) is 18.9 Å². The number of likely N-dealkylation sites (tertiary alicyclic amines) is 1. The molecular weight excluding hydrogens is 214 g/mol. The van der Waals surface area contributed by atoms with Gasteiger partial charge in [0.05, 0.1) is 0 Å². The fourth-order valence-corrected chi connectivity index (χ4v) is 2.37. The van der Waals surface area contributed by atoms with E-state index < -0.39 is 0 Å². The smallest absolute Gasteiger partial charge is 0.220 e. The van der Waals surface area contributed by atoms with Gasteiger partial charge in [-0.2, -0.15) is 0 Å².